The summed E-state index contributed by atoms with van der Waals surface area (Å²) in [5.74, 6) is 0.480. The van der Waals surface area contributed by atoms with Crippen molar-refractivity contribution in [2.24, 2.45) is 0 Å². The summed E-state index contributed by atoms with van der Waals surface area (Å²) in [5.41, 5.74) is 4.64. The Kier molecular flexibility index (Phi) is 7.02. The molecule has 1 aliphatic heterocycles. The Labute approximate surface area is 200 Å². The van der Waals surface area contributed by atoms with Gasteiger partial charge in [-0.25, -0.2) is 0 Å². The minimum atomic E-state index is -0.102. The second-order valence-electron chi connectivity index (χ2n) is 8.41. The normalized spacial score (nSPS) is 14.2. The number of anilines is 2. The lowest BCUT2D eigenvalue weighted by atomic mass is 10.2. The molecule has 2 heterocycles. The lowest BCUT2D eigenvalue weighted by molar-refractivity contribution is -0.117. The van der Waals surface area contributed by atoms with Crippen LogP contribution in [-0.4, -0.2) is 48.1 Å². The maximum atomic E-state index is 13.0. The number of nitriles is 1. The SMILES string of the molecule is Cc1c(C#N)c(NC(=O)CN2CCN(c3cccc(Cl)c3)CC2)n(Cc2ccccc2)c1C. The van der Waals surface area contributed by atoms with Crippen molar-refractivity contribution in [2.75, 3.05) is 42.9 Å². The molecule has 1 amide bonds. The van der Waals surface area contributed by atoms with Gasteiger partial charge >= 0.3 is 0 Å². The highest BCUT2D eigenvalue weighted by atomic mass is 35.5. The van der Waals surface area contributed by atoms with Gasteiger partial charge in [0.25, 0.3) is 0 Å². The number of aromatic nitrogens is 1. The van der Waals surface area contributed by atoms with Gasteiger partial charge in [0, 0.05) is 49.1 Å². The zero-order valence-corrected chi connectivity index (χ0v) is 19.8. The molecule has 7 heteroatoms. The van der Waals surface area contributed by atoms with Gasteiger partial charge in [-0.2, -0.15) is 5.26 Å². The van der Waals surface area contributed by atoms with E-state index in [0.29, 0.717) is 24.5 Å². The fourth-order valence-electron chi connectivity index (χ4n) is 4.31. The third kappa shape index (κ3) is 5.22. The molecule has 0 unspecified atom stereocenters. The Bertz CT molecular complexity index is 1170. The molecule has 1 N–H and O–H groups in total. The third-order valence-corrected chi connectivity index (χ3v) is 6.53. The van der Waals surface area contributed by atoms with Crippen LogP contribution in [0, 0.1) is 25.2 Å². The van der Waals surface area contributed by atoms with Crippen LogP contribution in [-0.2, 0) is 11.3 Å². The van der Waals surface area contributed by atoms with E-state index < -0.39 is 0 Å². The summed E-state index contributed by atoms with van der Waals surface area (Å²) in [7, 11) is 0. The molecule has 33 heavy (non-hydrogen) atoms. The highest BCUT2D eigenvalue weighted by Gasteiger charge is 2.23. The molecule has 1 aromatic heterocycles. The summed E-state index contributed by atoms with van der Waals surface area (Å²) >= 11 is 6.12. The van der Waals surface area contributed by atoms with E-state index in [4.69, 9.17) is 11.6 Å². The molecule has 3 aromatic rings. The molecule has 1 fully saturated rings. The van der Waals surface area contributed by atoms with Gasteiger partial charge in [0.05, 0.1) is 12.1 Å². The molecule has 0 aliphatic carbocycles. The van der Waals surface area contributed by atoms with Crippen molar-refractivity contribution < 1.29 is 4.79 Å². The molecule has 2 aromatic carbocycles. The van der Waals surface area contributed by atoms with Crippen molar-refractivity contribution in [3.63, 3.8) is 0 Å². The minimum Gasteiger partial charge on any atom is -0.369 e. The number of nitrogens with zero attached hydrogens (tertiary/aromatic N) is 4. The molecule has 0 atom stereocenters. The lowest BCUT2D eigenvalue weighted by Gasteiger charge is -2.35. The van der Waals surface area contributed by atoms with Crippen LogP contribution < -0.4 is 10.2 Å². The largest absolute Gasteiger partial charge is 0.369 e. The van der Waals surface area contributed by atoms with Crippen LogP contribution in [0.25, 0.3) is 0 Å². The maximum absolute atomic E-state index is 13.0. The molecule has 1 saturated heterocycles. The summed E-state index contributed by atoms with van der Waals surface area (Å²) in [5, 5.41) is 13.5. The van der Waals surface area contributed by atoms with E-state index in [0.717, 1.165) is 53.7 Å². The van der Waals surface area contributed by atoms with Gasteiger partial charge in [0.2, 0.25) is 5.91 Å². The summed E-state index contributed by atoms with van der Waals surface area (Å²) in [6.45, 7) is 8.05. The van der Waals surface area contributed by atoms with E-state index >= 15 is 0 Å². The number of carbonyl (C=O) groups excluding carboxylic acids is 1. The van der Waals surface area contributed by atoms with Gasteiger partial charge in [0.1, 0.15) is 11.9 Å². The second-order valence-corrected chi connectivity index (χ2v) is 8.85. The summed E-state index contributed by atoms with van der Waals surface area (Å²) in [4.78, 5) is 17.4. The number of hydrogen-bond donors (Lipinski definition) is 1. The number of benzene rings is 2. The molecular formula is C26H28ClN5O. The number of amides is 1. The van der Waals surface area contributed by atoms with E-state index in [2.05, 4.69) is 27.3 Å². The molecule has 0 saturated carbocycles. The first-order valence-electron chi connectivity index (χ1n) is 11.1. The van der Waals surface area contributed by atoms with Crippen molar-refractivity contribution in [3.8, 4) is 6.07 Å². The fraction of sp³-hybridized carbons (Fsp3) is 0.308. The van der Waals surface area contributed by atoms with Crippen LogP contribution in [0.1, 0.15) is 22.4 Å². The van der Waals surface area contributed by atoms with Gasteiger partial charge in [-0.15, -0.1) is 0 Å². The monoisotopic (exact) mass is 461 g/mol. The number of nitrogens with one attached hydrogen (secondary N) is 1. The van der Waals surface area contributed by atoms with Crippen LogP contribution in [0.5, 0.6) is 0 Å². The molecule has 0 spiro atoms. The van der Waals surface area contributed by atoms with Gasteiger partial charge < -0.3 is 14.8 Å². The first-order chi connectivity index (χ1) is 16.0. The van der Waals surface area contributed by atoms with Crippen molar-refractivity contribution in [1.29, 1.82) is 5.26 Å². The van der Waals surface area contributed by atoms with Gasteiger partial charge in [-0.3, -0.25) is 9.69 Å². The van der Waals surface area contributed by atoms with Crippen molar-refractivity contribution in [1.82, 2.24) is 9.47 Å². The molecule has 0 bridgehead atoms. The summed E-state index contributed by atoms with van der Waals surface area (Å²) in [6.07, 6.45) is 0. The Hall–Kier alpha value is -3.27. The maximum Gasteiger partial charge on any atom is 0.239 e. The molecule has 6 nitrogen and oxygen atoms in total. The molecule has 170 valence electrons. The van der Waals surface area contributed by atoms with E-state index in [-0.39, 0.29) is 5.91 Å². The molecule has 0 radical (unpaired) electrons. The highest BCUT2D eigenvalue weighted by molar-refractivity contribution is 6.30. The highest BCUT2D eigenvalue weighted by Crippen LogP contribution is 2.27. The van der Waals surface area contributed by atoms with Gasteiger partial charge in [0.15, 0.2) is 0 Å². The van der Waals surface area contributed by atoms with Crippen LogP contribution in [0.4, 0.5) is 11.5 Å². The topological polar surface area (TPSA) is 64.3 Å². The summed E-state index contributed by atoms with van der Waals surface area (Å²) < 4.78 is 2.03. The van der Waals surface area contributed by atoms with Gasteiger partial charge in [-0.05, 0) is 43.2 Å². The first-order valence-corrected chi connectivity index (χ1v) is 11.5. The lowest BCUT2D eigenvalue weighted by Crippen LogP contribution is -2.48. The average Bonchev–Trinajstić information content (AvgIpc) is 3.04. The number of carbonyl (C=O) groups is 1. The standard InChI is InChI=1S/C26H28ClN5O/c1-19-20(2)32(17-21-7-4-3-5-8-21)26(24(19)16-28)29-25(33)18-30-11-13-31(14-12-30)23-10-6-9-22(27)15-23/h3-10,15H,11-14,17-18H2,1-2H3,(H,29,33). The molecular weight excluding hydrogens is 434 g/mol. The Morgan fingerprint density at radius 2 is 1.79 bits per heavy atom. The summed E-state index contributed by atoms with van der Waals surface area (Å²) in [6, 6.07) is 20.2. The number of piperazine rings is 1. The van der Waals surface area contributed by atoms with E-state index in [9.17, 15) is 10.1 Å². The fourth-order valence-corrected chi connectivity index (χ4v) is 4.49. The van der Waals surface area contributed by atoms with Crippen LogP contribution in [0.15, 0.2) is 54.6 Å². The Morgan fingerprint density at radius 1 is 1.06 bits per heavy atom. The van der Waals surface area contributed by atoms with Crippen LogP contribution >= 0.6 is 11.6 Å². The van der Waals surface area contributed by atoms with Crippen LogP contribution in [0.3, 0.4) is 0 Å². The predicted molar refractivity (Wildman–Crippen MR) is 133 cm³/mol. The van der Waals surface area contributed by atoms with E-state index in [1.165, 1.54) is 0 Å². The number of rotatable bonds is 6. The second kappa shape index (κ2) is 10.1. The number of halogens is 1. The smallest absolute Gasteiger partial charge is 0.239 e. The van der Waals surface area contributed by atoms with Gasteiger partial charge in [-0.1, -0.05) is 48.0 Å². The third-order valence-electron chi connectivity index (χ3n) is 6.30. The molecule has 1 aliphatic rings. The average molecular weight is 462 g/mol. The van der Waals surface area contributed by atoms with Crippen molar-refractivity contribution in [3.05, 3.63) is 82.0 Å². The number of hydrogen-bond acceptors (Lipinski definition) is 4. The molecule has 4 rings (SSSR count). The Balaban J connectivity index is 1.42. The van der Waals surface area contributed by atoms with Crippen molar-refractivity contribution in [2.45, 2.75) is 20.4 Å². The van der Waals surface area contributed by atoms with E-state index in [1.807, 2.05) is 66.9 Å². The predicted octanol–water partition coefficient (Wildman–Crippen LogP) is 4.44. The minimum absolute atomic E-state index is 0.102. The first kappa shape index (κ1) is 22.9. The Morgan fingerprint density at radius 3 is 2.45 bits per heavy atom. The van der Waals surface area contributed by atoms with Crippen LogP contribution in [0.2, 0.25) is 5.02 Å². The van der Waals surface area contributed by atoms with Crippen molar-refractivity contribution >= 4 is 29.0 Å². The quantitative estimate of drug-likeness (QED) is 0.589. The van der Waals surface area contributed by atoms with E-state index in [1.54, 1.807) is 0 Å². The zero-order valence-electron chi connectivity index (χ0n) is 19.0. The zero-order chi connectivity index (χ0) is 23.4.